The molecule has 0 aliphatic heterocycles. The molecule has 0 bridgehead atoms. The van der Waals surface area contributed by atoms with Gasteiger partial charge in [-0.05, 0) is 13.0 Å². The topological polar surface area (TPSA) is 81.7 Å². The van der Waals surface area contributed by atoms with Gasteiger partial charge < -0.3 is 15.6 Å². The lowest BCUT2D eigenvalue weighted by molar-refractivity contribution is 0.707. The summed E-state index contributed by atoms with van der Waals surface area (Å²) in [6, 6.07) is 1.55. The van der Waals surface area contributed by atoms with E-state index in [1.165, 1.54) is 0 Å². The number of aromatic nitrogens is 4. The lowest BCUT2D eigenvalue weighted by Gasteiger charge is -2.09. The Labute approximate surface area is 114 Å². The summed E-state index contributed by atoms with van der Waals surface area (Å²) < 4.78 is 1.92. The molecule has 0 aliphatic carbocycles. The second-order valence-electron chi connectivity index (χ2n) is 3.57. The zero-order valence-corrected chi connectivity index (χ0v) is 11.2. The van der Waals surface area contributed by atoms with Gasteiger partial charge in [-0.3, -0.25) is 0 Å². The van der Waals surface area contributed by atoms with Gasteiger partial charge in [0, 0.05) is 6.54 Å². The molecular weight excluding hydrogens is 275 g/mol. The molecule has 2 heterocycles. The van der Waals surface area contributed by atoms with Crippen LogP contribution in [0.1, 0.15) is 12.7 Å². The van der Waals surface area contributed by atoms with E-state index in [2.05, 4.69) is 20.5 Å². The summed E-state index contributed by atoms with van der Waals surface area (Å²) in [6.07, 6.45) is 1.67. The van der Waals surface area contributed by atoms with E-state index >= 15 is 0 Å². The molecule has 2 aromatic rings. The molecule has 0 aromatic carbocycles. The van der Waals surface area contributed by atoms with E-state index in [0.29, 0.717) is 22.4 Å². The van der Waals surface area contributed by atoms with Crippen molar-refractivity contribution in [3.63, 3.8) is 0 Å². The predicted octanol–water partition coefficient (Wildman–Crippen LogP) is 2.19. The van der Waals surface area contributed by atoms with Crippen LogP contribution in [0.25, 0.3) is 0 Å². The van der Waals surface area contributed by atoms with Crippen LogP contribution in [0, 0.1) is 0 Å². The SMILES string of the molecule is CCn1cnnc1CNc1nc(N)c(Cl)cc1Cl. The van der Waals surface area contributed by atoms with E-state index in [1.807, 2.05) is 11.5 Å². The Morgan fingerprint density at radius 1 is 1.39 bits per heavy atom. The van der Waals surface area contributed by atoms with Gasteiger partial charge in [0.05, 0.1) is 16.6 Å². The molecule has 96 valence electrons. The van der Waals surface area contributed by atoms with Gasteiger partial charge in [0.1, 0.15) is 18.0 Å². The second-order valence-corrected chi connectivity index (χ2v) is 4.39. The van der Waals surface area contributed by atoms with Crippen LogP contribution in [-0.4, -0.2) is 19.7 Å². The minimum atomic E-state index is 0.237. The van der Waals surface area contributed by atoms with Crippen molar-refractivity contribution >= 4 is 34.8 Å². The summed E-state index contributed by atoms with van der Waals surface area (Å²) in [6.45, 7) is 3.27. The summed E-state index contributed by atoms with van der Waals surface area (Å²) >= 11 is 11.8. The molecule has 0 saturated heterocycles. The van der Waals surface area contributed by atoms with Crippen LogP contribution in [-0.2, 0) is 13.1 Å². The van der Waals surface area contributed by atoms with Gasteiger partial charge in [-0.25, -0.2) is 4.98 Å². The summed E-state index contributed by atoms with van der Waals surface area (Å²) in [5, 5.41) is 11.6. The number of hydrogen-bond donors (Lipinski definition) is 2. The van der Waals surface area contributed by atoms with Gasteiger partial charge in [0.15, 0.2) is 5.82 Å². The summed E-state index contributed by atoms with van der Waals surface area (Å²) in [5.74, 6) is 1.51. The van der Waals surface area contributed by atoms with Crippen molar-refractivity contribution in [3.05, 3.63) is 28.3 Å². The molecule has 0 radical (unpaired) electrons. The van der Waals surface area contributed by atoms with Gasteiger partial charge >= 0.3 is 0 Å². The van der Waals surface area contributed by atoms with E-state index in [4.69, 9.17) is 28.9 Å². The predicted molar refractivity (Wildman–Crippen MR) is 71.7 cm³/mol. The molecule has 0 unspecified atom stereocenters. The Hall–Kier alpha value is -1.53. The van der Waals surface area contributed by atoms with E-state index in [9.17, 15) is 0 Å². The van der Waals surface area contributed by atoms with Crippen molar-refractivity contribution in [2.45, 2.75) is 20.0 Å². The van der Waals surface area contributed by atoms with Crippen LogP contribution in [0.2, 0.25) is 10.0 Å². The standard InChI is InChI=1S/C10H12Cl2N6/c1-2-18-5-15-17-8(18)4-14-10-7(12)3-6(11)9(13)16-10/h3,5H,2,4H2,1H3,(H3,13,14,16). The van der Waals surface area contributed by atoms with E-state index < -0.39 is 0 Å². The number of halogens is 2. The molecule has 18 heavy (non-hydrogen) atoms. The highest BCUT2D eigenvalue weighted by Gasteiger charge is 2.08. The molecule has 0 aliphatic rings. The molecular formula is C10H12Cl2N6. The fourth-order valence-corrected chi connectivity index (χ4v) is 1.87. The highest BCUT2D eigenvalue weighted by molar-refractivity contribution is 6.37. The Morgan fingerprint density at radius 2 is 2.17 bits per heavy atom. The second kappa shape index (κ2) is 5.41. The third-order valence-corrected chi connectivity index (χ3v) is 3.00. The normalized spacial score (nSPS) is 10.6. The van der Waals surface area contributed by atoms with Gasteiger partial charge in [-0.2, -0.15) is 0 Å². The number of anilines is 2. The first-order valence-electron chi connectivity index (χ1n) is 5.34. The van der Waals surface area contributed by atoms with E-state index in [0.717, 1.165) is 12.4 Å². The zero-order valence-electron chi connectivity index (χ0n) is 9.69. The van der Waals surface area contributed by atoms with Crippen molar-refractivity contribution in [1.29, 1.82) is 0 Å². The fourth-order valence-electron chi connectivity index (χ4n) is 1.45. The largest absolute Gasteiger partial charge is 0.382 e. The minimum Gasteiger partial charge on any atom is -0.382 e. The fraction of sp³-hybridized carbons (Fsp3) is 0.300. The Morgan fingerprint density at radius 3 is 2.89 bits per heavy atom. The maximum Gasteiger partial charge on any atom is 0.152 e. The third-order valence-electron chi connectivity index (χ3n) is 2.41. The van der Waals surface area contributed by atoms with Gasteiger partial charge in [-0.15, -0.1) is 10.2 Å². The maximum atomic E-state index is 6.01. The first-order valence-corrected chi connectivity index (χ1v) is 6.09. The van der Waals surface area contributed by atoms with Crippen LogP contribution >= 0.6 is 23.2 Å². The number of nitrogens with zero attached hydrogens (tertiary/aromatic N) is 4. The van der Waals surface area contributed by atoms with Crippen LogP contribution in [0.4, 0.5) is 11.6 Å². The lowest BCUT2D eigenvalue weighted by atomic mass is 10.4. The number of pyridine rings is 1. The molecule has 0 amide bonds. The molecule has 6 nitrogen and oxygen atoms in total. The minimum absolute atomic E-state index is 0.237. The number of nitrogens with two attached hydrogens (primary N) is 1. The monoisotopic (exact) mass is 286 g/mol. The van der Waals surface area contributed by atoms with Crippen LogP contribution in [0.3, 0.4) is 0 Å². The maximum absolute atomic E-state index is 6.01. The average molecular weight is 287 g/mol. The molecule has 0 spiro atoms. The van der Waals surface area contributed by atoms with Crippen molar-refractivity contribution < 1.29 is 0 Å². The highest BCUT2D eigenvalue weighted by Crippen LogP contribution is 2.27. The first-order chi connectivity index (χ1) is 8.61. The van der Waals surface area contributed by atoms with Crippen molar-refractivity contribution in [2.75, 3.05) is 11.1 Å². The number of rotatable bonds is 4. The van der Waals surface area contributed by atoms with Gasteiger partial charge in [0.2, 0.25) is 0 Å². The number of hydrogen-bond acceptors (Lipinski definition) is 5. The van der Waals surface area contributed by atoms with Gasteiger partial charge in [-0.1, -0.05) is 23.2 Å². The zero-order chi connectivity index (χ0) is 13.1. The molecule has 0 saturated carbocycles. The molecule has 0 fully saturated rings. The van der Waals surface area contributed by atoms with E-state index in [-0.39, 0.29) is 5.82 Å². The van der Waals surface area contributed by atoms with Crippen molar-refractivity contribution in [2.24, 2.45) is 0 Å². The van der Waals surface area contributed by atoms with Crippen molar-refractivity contribution in [3.8, 4) is 0 Å². The van der Waals surface area contributed by atoms with Crippen LogP contribution in [0.15, 0.2) is 12.4 Å². The number of aryl methyl sites for hydroxylation is 1. The molecule has 2 aromatic heterocycles. The Kier molecular flexibility index (Phi) is 3.88. The molecule has 2 rings (SSSR count). The number of nitrogens with one attached hydrogen (secondary N) is 1. The summed E-state index contributed by atoms with van der Waals surface area (Å²) in [7, 11) is 0. The highest BCUT2D eigenvalue weighted by atomic mass is 35.5. The molecule has 3 N–H and O–H groups in total. The Balaban J connectivity index is 2.13. The van der Waals surface area contributed by atoms with Crippen molar-refractivity contribution in [1.82, 2.24) is 19.7 Å². The number of nitrogen functional groups attached to an aromatic ring is 1. The van der Waals surface area contributed by atoms with Crippen LogP contribution in [0.5, 0.6) is 0 Å². The van der Waals surface area contributed by atoms with Gasteiger partial charge in [0.25, 0.3) is 0 Å². The summed E-state index contributed by atoms with van der Waals surface area (Å²) in [5.41, 5.74) is 5.62. The summed E-state index contributed by atoms with van der Waals surface area (Å²) in [4.78, 5) is 4.07. The molecule has 0 atom stereocenters. The smallest absolute Gasteiger partial charge is 0.152 e. The first kappa shape index (κ1) is 12.9. The quantitative estimate of drug-likeness (QED) is 0.900. The average Bonchev–Trinajstić information content (AvgIpc) is 2.79. The third kappa shape index (κ3) is 2.65. The lowest BCUT2D eigenvalue weighted by Crippen LogP contribution is -2.09. The Bertz CT molecular complexity index is 553. The van der Waals surface area contributed by atoms with E-state index in [1.54, 1.807) is 12.4 Å². The molecule has 8 heteroatoms. The van der Waals surface area contributed by atoms with Crippen LogP contribution < -0.4 is 11.1 Å².